The zero-order chi connectivity index (χ0) is 23.4. The van der Waals surface area contributed by atoms with Gasteiger partial charge in [-0.15, -0.1) is 0 Å². The third-order valence-electron chi connectivity index (χ3n) is 6.01. The van der Waals surface area contributed by atoms with Gasteiger partial charge in [0, 0.05) is 28.8 Å². The monoisotopic (exact) mass is 480 g/mol. The Balaban J connectivity index is 1.62. The molecule has 1 aliphatic heterocycles. The molecule has 170 valence electrons. The summed E-state index contributed by atoms with van der Waals surface area (Å²) >= 11 is 12.6. The summed E-state index contributed by atoms with van der Waals surface area (Å²) in [5.74, 6) is 0.814. The van der Waals surface area contributed by atoms with Crippen LogP contribution in [-0.4, -0.2) is 23.1 Å². The first-order valence-electron chi connectivity index (χ1n) is 11.1. The van der Waals surface area contributed by atoms with Crippen LogP contribution in [0.1, 0.15) is 48.3 Å². The first-order valence-corrected chi connectivity index (χ1v) is 11.8. The average molecular weight is 481 g/mol. The molecule has 1 atom stereocenters. The van der Waals surface area contributed by atoms with Gasteiger partial charge in [-0.3, -0.25) is 0 Å². The molecule has 0 amide bonds. The van der Waals surface area contributed by atoms with Crippen molar-refractivity contribution in [2.24, 2.45) is 0 Å². The molecule has 1 fully saturated rings. The van der Waals surface area contributed by atoms with Gasteiger partial charge in [0.25, 0.3) is 0 Å². The summed E-state index contributed by atoms with van der Waals surface area (Å²) in [6.07, 6.45) is 6.27. The van der Waals surface area contributed by atoms with Gasteiger partial charge in [0.1, 0.15) is 12.0 Å². The number of nitrogen functional groups attached to an aromatic ring is 1. The van der Waals surface area contributed by atoms with Crippen LogP contribution in [0.4, 0.5) is 23.0 Å². The van der Waals surface area contributed by atoms with Gasteiger partial charge in [-0.05, 0) is 54.7 Å². The van der Waals surface area contributed by atoms with Crippen LogP contribution in [-0.2, 0) is 0 Å². The summed E-state index contributed by atoms with van der Waals surface area (Å²) in [5, 5.41) is 14.3. The van der Waals surface area contributed by atoms with E-state index in [9.17, 15) is 5.26 Å². The minimum absolute atomic E-state index is 0.491. The Kier molecular flexibility index (Phi) is 7.22. The summed E-state index contributed by atoms with van der Waals surface area (Å²) in [7, 11) is 0. The van der Waals surface area contributed by atoms with Gasteiger partial charge in [0.2, 0.25) is 0 Å². The predicted molar refractivity (Wildman–Crippen MR) is 136 cm³/mol. The molecule has 1 saturated heterocycles. The van der Waals surface area contributed by atoms with E-state index in [1.165, 1.54) is 19.2 Å². The molecular weight excluding hydrogens is 455 g/mol. The van der Waals surface area contributed by atoms with E-state index in [-0.39, 0.29) is 0 Å². The maximum Gasteiger partial charge on any atom is 0.159 e. The van der Waals surface area contributed by atoms with Crippen LogP contribution in [0.15, 0.2) is 42.7 Å². The molecule has 0 radical (unpaired) electrons. The first-order chi connectivity index (χ1) is 16.0. The SMILES string of the molecule is Cc1cc(C(C#N)c2ccc(Cl)cc2)c(Cl)cc1Nc1ncnc(N2CCCCCC2)c1N. The van der Waals surface area contributed by atoms with E-state index in [0.29, 0.717) is 21.6 Å². The number of aryl methyl sites for hydroxylation is 1. The van der Waals surface area contributed by atoms with Crippen LogP contribution in [0.25, 0.3) is 0 Å². The minimum atomic E-state index is -0.499. The highest BCUT2D eigenvalue weighted by Crippen LogP contribution is 2.36. The normalized spacial score (nSPS) is 14.9. The predicted octanol–water partition coefficient (Wildman–Crippen LogP) is 6.45. The fraction of sp³-hybridized carbons (Fsp3) is 0.320. The topological polar surface area (TPSA) is 90.9 Å². The molecule has 2 heterocycles. The quantitative estimate of drug-likeness (QED) is 0.435. The number of anilines is 4. The van der Waals surface area contributed by atoms with Gasteiger partial charge < -0.3 is 16.0 Å². The molecule has 4 rings (SSSR count). The van der Waals surface area contributed by atoms with Crippen LogP contribution < -0.4 is 16.0 Å². The molecule has 0 saturated carbocycles. The largest absolute Gasteiger partial charge is 0.393 e. The standard InChI is InChI=1S/C25H26Cl2N6/c1-16-12-19(20(14-28)17-6-8-18(26)9-7-17)21(27)13-22(16)32-24-23(29)25(31-15-30-24)33-10-4-2-3-5-11-33/h6-9,12-13,15,20H,2-5,10-11,29H2,1H3,(H,30,31,32). The number of hydrogen-bond donors (Lipinski definition) is 2. The van der Waals surface area contributed by atoms with Crippen molar-refractivity contribution >= 4 is 46.2 Å². The highest BCUT2D eigenvalue weighted by atomic mass is 35.5. The summed E-state index contributed by atoms with van der Waals surface area (Å²) in [4.78, 5) is 11.1. The molecule has 33 heavy (non-hydrogen) atoms. The lowest BCUT2D eigenvalue weighted by atomic mass is 9.91. The van der Waals surface area contributed by atoms with Crippen LogP contribution >= 0.6 is 23.2 Å². The molecule has 6 nitrogen and oxygen atoms in total. The third-order valence-corrected chi connectivity index (χ3v) is 6.59. The molecule has 2 aromatic carbocycles. The van der Waals surface area contributed by atoms with Crippen LogP contribution in [0, 0.1) is 18.3 Å². The third kappa shape index (κ3) is 5.16. The molecule has 8 heteroatoms. The van der Waals surface area contributed by atoms with E-state index in [1.54, 1.807) is 12.1 Å². The molecule has 1 unspecified atom stereocenters. The van der Waals surface area contributed by atoms with E-state index >= 15 is 0 Å². The van der Waals surface area contributed by atoms with Crippen LogP contribution in [0.3, 0.4) is 0 Å². The maximum absolute atomic E-state index is 9.84. The number of hydrogen-bond acceptors (Lipinski definition) is 6. The number of aromatic nitrogens is 2. The summed E-state index contributed by atoms with van der Waals surface area (Å²) in [5.41, 5.74) is 10.3. The van der Waals surface area contributed by atoms with Crippen molar-refractivity contribution in [3.63, 3.8) is 0 Å². The Morgan fingerprint density at radius 1 is 1.06 bits per heavy atom. The van der Waals surface area contributed by atoms with Crippen LogP contribution in [0.2, 0.25) is 10.0 Å². The van der Waals surface area contributed by atoms with Crippen molar-refractivity contribution in [3.05, 3.63) is 69.5 Å². The Labute approximate surface area is 204 Å². The van der Waals surface area contributed by atoms with E-state index in [4.69, 9.17) is 28.9 Å². The van der Waals surface area contributed by atoms with Crippen molar-refractivity contribution in [1.82, 2.24) is 9.97 Å². The fourth-order valence-electron chi connectivity index (χ4n) is 4.19. The highest BCUT2D eigenvalue weighted by Gasteiger charge is 2.20. The Bertz CT molecular complexity index is 1160. The van der Waals surface area contributed by atoms with Gasteiger partial charge in [0.15, 0.2) is 11.6 Å². The van der Waals surface area contributed by atoms with Crippen molar-refractivity contribution < 1.29 is 0 Å². The van der Waals surface area contributed by atoms with Crippen molar-refractivity contribution in [3.8, 4) is 6.07 Å². The second kappa shape index (κ2) is 10.3. The van der Waals surface area contributed by atoms with Gasteiger partial charge in [0.05, 0.1) is 12.0 Å². The van der Waals surface area contributed by atoms with Crippen molar-refractivity contribution in [2.45, 2.75) is 38.5 Å². The van der Waals surface area contributed by atoms with E-state index in [0.717, 1.165) is 54.1 Å². The zero-order valence-electron chi connectivity index (χ0n) is 18.5. The van der Waals surface area contributed by atoms with E-state index < -0.39 is 5.92 Å². The molecule has 0 spiro atoms. The number of rotatable bonds is 5. The summed E-state index contributed by atoms with van der Waals surface area (Å²) in [6, 6.07) is 13.4. The lowest BCUT2D eigenvalue weighted by Crippen LogP contribution is -2.26. The second-order valence-electron chi connectivity index (χ2n) is 8.29. The summed E-state index contributed by atoms with van der Waals surface area (Å²) in [6.45, 7) is 3.85. The zero-order valence-corrected chi connectivity index (χ0v) is 20.0. The molecular formula is C25H26Cl2N6. The lowest BCUT2D eigenvalue weighted by molar-refractivity contribution is 0.726. The summed E-state index contributed by atoms with van der Waals surface area (Å²) < 4.78 is 0. The molecule has 3 N–H and O–H groups in total. The Morgan fingerprint density at radius 2 is 1.76 bits per heavy atom. The van der Waals surface area contributed by atoms with Crippen molar-refractivity contribution in [2.75, 3.05) is 29.0 Å². The number of nitrogens with zero attached hydrogens (tertiary/aromatic N) is 4. The number of nitrogens with one attached hydrogen (secondary N) is 1. The fourth-order valence-corrected chi connectivity index (χ4v) is 4.59. The molecule has 0 aliphatic carbocycles. The molecule has 0 bridgehead atoms. The van der Waals surface area contributed by atoms with E-state index in [1.807, 2.05) is 31.2 Å². The molecule has 3 aromatic rings. The van der Waals surface area contributed by atoms with Gasteiger partial charge in [-0.2, -0.15) is 5.26 Å². The second-order valence-corrected chi connectivity index (χ2v) is 9.13. The number of halogens is 2. The molecule has 1 aliphatic rings. The lowest BCUT2D eigenvalue weighted by Gasteiger charge is -2.24. The Hall–Kier alpha value is -3.01. The maximum atomic E-state index is 9.84. The van der Waals surface area contributed by atoms with Crippen molar-refractivity contribution in [1.29, 1.82) is 5.26 Å². The highest BCUT2D eigenvalue weighted by molar-refractivity contribution is 6.32. The minimum Gasteiger partial charge on any atom is -0.393 e. The van der Waals surface area contributed by atoms with E-state index in [2.05, 4.69) is 26.3 Å². The number of nitriles is 1. The smallest absolute Gasteiger partial charge is 0.159 e. The Morgan fingerprint density at radius 3 is 2.42 bits per heavy atom. The number of benzene rings is 2. The molecule has 1 aromatic heterocycles. The van der Waals surface area contributed by atoms with Gasteiger partial charge in [-0.25, -0.2) is 9.97 Å². The average Bonchev–Trinajstić information content (AvgIpc) is 3.09. The van der Waals surface area contributed by atoms with Crippen LogP contribution in [0.5, 0.6) is 0 Å². The van der Waals surface area contributed by atoms with Gasteiger partial charge >= 0.3 is 0 Å². The van der Waals surface area contributed by atoms with Gasteiger partial charge in [-0.1, -0.05) is 54.2 Å². The number of nitrogens with two attached hydrogens (primary N) is 1. The first kappa shape index (κ1) is 23.2.